The standard InChI is InChI=1S/C20H28N6O/c1-14(2)26-13-23-17-19(22-11-15-7-4-3-5-8-15)24-18(25-20(17)26)16(12-27)9-6-10-21/h3-5,7-8,13-14,16,27H,6,9-12,21H2,1-2H3,(H,22,24,25). The number of fused-ring (bicyclic) bond motifs is 1. The molecule has 7 heteroatoms. The number of nitrogens with two attached hydrogens (primary N) is 1. The van der Waals surface area contributed by atoms with Gasteiger partial charge in [-0.15, -0.1) is 0 Å². The average Bonchev–Trinajstić information content (AvgIpc) is 3.12. The molecule has 1 atom stereocenters. The van der Waals surface area contributed by atoms with Crippen molar-refractivity contribution in [1.29, 1.82) is 0 Å². The third-order valence-electron chi connectivity index (χ3n) is 4.64. The number of nitrogens with zero attached hydrogens (tertiary/aromatic N) is 4. The Morgan fingerprint density at radius 1 is 1.19 bits per heavy atom. The van der Waals surface area contributed by atoms with Crippen LogP contribution >= 0.6 is 0 Å². The smallest absolute Gasteiger partial charge is 0.166 e. The second-order valence-electron chi connectivity index (χ2n) is 7.00. The van der Waals surface area contributed by atoms with Gasteiger partial charge in [0.05, 0.1) is 12.9 Å². The number of benzene rings is 1. The minimum absolute atomic E-state index is 0.000548. The zero-order valence-corrected chi connectivity index (χ0v) is 16.0. The molecule has 0 aliphatic rings. The van der Waals surface area contributed by atoms with Gasteiger partial charge in [0.2, 0.25) is 0 Å². The lowest BCUT2D eigenvalue weighted by molar-refractivity contribution is 0.253. The summed E-state index contributed by atoms with van der Waals surface area (Å²) in [6.07, 6.45) is 3.38. The lowest BCUT2D eigenvalue weighted by atomic mass is 10.0. The molecule has 0 spiro atoms. The second kappa shape index (κ2) is 8.92. The molecular weight excluding hydrogens is 340 g/mol. The van der Waals surface area contributed by atoms with Crippen molar-refractivity contribution < 1.29 is 5.11 Å². The van der Waals surface area contributed by atoms with Crippen molar-refractivity contribution in [2.24, 2.45) is 5.73 Å². The van der Waals surface area contributed by atoms with Crippen molar-refractivity contribution in [3.05, 3.63) is 48.0 Å². The van der Waals surface area contributed by atoms with Gasteiger partial charge in [0.25, 0.3) is 0 Å². The molecule has 4 N–H and O–H groups in total. The predicted molar refractivity (Wildman–Crippen MR) is 108 cm³/mol. The van der Waals surface area contributed by atoms with E-state index < -0.39 is 0 Å². The summed E-state index contributed by atoms with van der Waals surface area (Å²) in [6.45, 7) is 5.42. The van der Waals surface area contributed by atoms with Gasteiger partial charge in [-0.05, 0) is 38.8 Å². The van der Waals surface area contributed by atoms with Crippen LogP contribution in [0, 0.1) is 0 Å². The fourth-order valence-electron chi connectivity index (χ4n) is 3.07. The number of rotatable bonds is 9. The minimum atomic E-state index is -0.134. The number of anilines is 1. The highest BCUT2D eigenvalue weighted by molar-refractivity contribution is 5.83. The topological polar surface area (TPSA) is 102 Å². The molecule has 27 heavy (non-hydrogen) atoms. The van der Waals surface area contributed by atoms with Crippen molar-refractivity contribution in [1.82, 2.24) is 19.5 Å². The van der Waals surface area contributed by atoms with E-state index >= 15 is 0 Å². The summed E-state index contributed by atoms with van der Waals surface area (Å²) in [6, 6.07) is 10.4. The molecule has 0 aliphatic carbocycles. The van der Waals surface area contributed by atoms with Crippen molar-refractivity contribution >= 4 is 17.0 Å². The average molecular weight is 368 g/mol. The summed E-state index contributed by atoms with van der Waals surface area (Å²) in [7, 11) is 0. The highest BCUT2D eigenvalue weighted by Crippen LogP contribution is 2.26. The molecule has 144 valence electrons. The summed E-state index contributed by atoms with van der Waals surface area (Å²) >= 11 is 0. The van der Waals surface area contributed by atoms with E-state index in [1.807, 2.05) is 22.8 Å². The number of hydrogen-bond acceptors (Lipinski definition) is 6. The van der Waals surface area contributed by atoms with Crippen LogP contribution in [0.4, 0.5) is 5.82 Å². The molecule has 0 fully saturated rings. The number of aliphatic hydroxyl groups excluding tert-OH is 1. The van der Waals surface area contributed by atoms with Gasteiger partial charge in [0, 0.05) is 18.5 Å². The van der Waals surface area contributed by atoms with Gasteiger partial charge in [-0.2, -0.15) is 0 Å². The summed E-state index contributed by atoms with van der Waals surface area (Å²) < 4.78 is 2.03. The molecule has 3 aromatic rings. The number of aliphatic hydroxyl groups is 1. The van der Waals surface area contributed by atoms with Crippen LogP contribution < -0.4 is 11.1 Å². The largest absolute Gasteiger partial charge is 0.396 e. The molecule has 0 saturated carbocycles. The Kier molecular flexibility index (Phi) is 6.36. The molecule has 0 bridgehead atoms. The van der Waals surface area contributed by atoms with Gasteiger partial charge in [-0.3, -0.25) is 0 Å². The van der Waals surface area contributed by atoms with Gasteiger partial charge in [-0.1, -0.05) is 30.3 Å². The zero-order chi connectivity index (χ0) is 19.2. The Hall–Kier alpha value is -2.51. The molecule has 7 nitrogen and oxygen atoms in total. The summed E-state index contributed by atoms with van der Waals surface area (Å²) in [5.74, 6) is 1.20. The van der Waals surface area contributed by atoms with E-state index in [1.54, 1.807) is 6.33 Å². The maximum atomic E-state index is 9.84. The highest BCUT2D eigenvalue weighted by Gasteiger charge is 2.20. The first-order valence-corrected chi connectivity index (χ1v) is 9.47. The Labute approximate surface area is 159 Å². The van der Waals surface area contributed by atoms with Crippen LogP contribution in [0.15, 0.2) is 36.7 Å². The molecule has 0 saturated heterocycles. The SMILES string of the molecule is CC(C)n1cnc2c(NCc3ccccc3)nc(C(CO)CCCN)nc21. The quantitative estimate of drug-likeness (QED) is 0.537. The zero-order valence-electron chi connectivity index (χ0n) is 16.0. The van der Waals surface area contributed by atoms with Crippen LogP contribution in [-0.4, -0.2) is 37.8 Å². The molecule has 1 aromatic carbocycles. The lowest BCUT2D eigenvalue weighted by Crippen LogP contribution is -2.14. The van der Waals surface area contributed by atoms with E-state index in [4.69, 9.17) is 15.7 Å². The fraction of sp³-hybridized carbons (Fsp3) is 0.450. The van der Waals surface area contributed by atoms with Crippen molar-refractivity contribution in [2.45, 2.75) is 45.2 Å². The van der Waals surface area contributed by atoms with Gasteiger partial charge in [0.15, 0.2) is 11.5 Å². The molecular formula is C20H28N6O. The molecule has 3 rings (SSSR count). The molecule has 2 heterocycles. The number of nitrogens with one attached hydrogen (secondary N) is 1. The van der Waals surface area contributed by atoms with Gasteiger partial charge < -0.3 is 20.7 Å². The maximum absolute atomic E-state index is 9.84. The summed E-state index contributed by atoms with van der Waals surface area (Å²) in [5.41, 5.74) is 8.34. The Morgan fingerprint density at radius 2 is 1.96 bits per heavy atom. The Balaban J connectivity index is 1.99. The van der Waals surface area contributed by atoms with E-state index in [0.717, 1.165) is 29.6 Å². The first-order valence-electron chi connectivity index (χ1n) is 9.47. The van der Waals surface area contributed by atoms with E-state index in [0.29, 0.717) is 24.7 Å². The van der Waals surface area contributed by atoms with Crippen LogP contribution in [0.2, 0.25) is 0 Å². The van der Waals surface area contributed by atoms with E-state index in [1.165, 1.54) is 0 Å². The Bertz CT molecular complexity index is 862. The summed E-state index contributed by atoms with van der Waals surface area (Å²) in [4.78, 5) is 14.0. The van der Waals surface area contributed by atoms with Gasteiger partial charge >= 0.3 is 0 Å². The van der Waals surface area contributed by atoms with E-state index in [9.17, 15) is 5.11 Å². The first kappa shape index (κ1) is 19.3. The monoisotopic (exact) mass is 368 g/mol. The van der Waals surface area contributed by atoms with Crippen LogP contribution in [-0.2, 0) is 6.54 Å². The summed E-state index contributed by atoms with van der Waals surface area (Å²) in [5, 5.41) is 13.2. The molecule has 2 aromatic heterocycles. The Morgan fingerprint density at radius 3 is 2.63 bits per heavy atom. The van der Waals surface area contributed by atoms with Crippen LogP contribution in [0.5, 0.6) is 0 Å². The van der Waals surface area contributed by atoms with Crippen molar-refractivity contribution in [3.8, 4) is 0 Å². The van der Waals surface area contributed by atoms with E-state index in [-0.39, 0.29) is 18.6 Å². The highest BCUT2D eigenvalue weighted by atomic mass is 16.3. The third-order valence-corrected chi connectivity index (χ3v) is 4.64. The number of aromatic nitrogens is 4. The fourth-order valence-corrected chi connectivity index (χ4v) is 3.07. The first-order chi connectivity index (χ1) is 13.1. The second-order valence-corrected chi connectivity index (χ2v) is 7.00. The van der Waals surface area contributed by atoms with Crippen molar-refractivity contribution in [3.63, 3.8) is 0 Å². The molecule has 1 unspecified atom stereocenters. The van der Waals surface area contributed by atoms with Gasteiger partial charge in [-0.25, -0.2) is 15.0 Å². The van der Waals surface area contributed by atoms with Crippen LogP contribution in [0.1, 0.15) is 50.0 Å². The van der Waals surface area contributed by atoms with Gasteiger partial charge in [0.1, 0.15) is 11.3 Å². The predicted octanol–water partition coefficient (Wildman–Crippen LogP) is 2.83. The van der Waals surface area contributed by atoms with E-state index in [2.05, 4.69) is 36.3 Å². The normalized spacial score (nSPS) is 12.6. The molecule has 0 radical (unpaired) electrons. The van der Waals surface area contributed by atoms with Crippen molar-refractivity contribution in [2.75, 3.05) is 18.5 Å². The van der Waals surface area contributed by atoms with Crippen LogP contribution in [0.3, 0.4) is 0 Å². The molecule has 0 amide bonds. The number of hydrogen-bond donors (Lipinski definition) is 3. The minimum Gasteiger partial charge on any atom is -0.396 e. The third kappa shape index (κ3) is 4.43. The lowest BCUT2D eigenvalue weighted by Gasteiger charge is -2.16. The van der Waals surface area contributed by atoms with Crippen LogP contribution in [0.25, 0.3) is 11.2 Å². The molecule has 0 aliphatic heterocycles. The maximum Gasteiger partial charge on any atom is 0.166 e. The number of imidazole rings is 1.